The highest BCUT2D eigenvalue weighted by Gasteiger charge is 2.29. The van der Waals surface area contributed by atoms with Crippen LogP contribution in [0.25, 0.3) is 0 Å². The van der Waals surface area contributed by atoms with Gasteiger partial charge in [0.15, 0.2) is 0 Å². The maximum absolute atomic E-state index is 12.8. The zero-order valence-electron chi connectivity index (χ0n) is 9.93. The second-order valence-electron chi connectivity index (χ2n) is 4.36. The molecule has 0 saturated carbocycles. The normalized spacial score (nSPS) is 22.8. The number of benzene rings is 1. The number of amides is 1. The fourth-order valence-corrected chi connectivity index (χ4v) is 1.91. The van der Waals surface area contributed by atoms with E-state index in [0.29, 0.717) is 5.69 Å². The molecular weight excluding hydrogens is 219 g/mol. The minimum Gasteiger partial charge on any atom is -0.314 e. The minimum atomic E-state index is -0.304. The summed E-state index contributed by atoms with van der Waals surface area (Å²) in [6, 6.07) is 5.58. The molecule has 1 aromatic carbocycles. The molecule has 1 aromatic rings. The molecule has 0 aliphatic carbocycles. The van der Waals surface area contributed by atoms with Gasteiger partial charge in [0.25, 0.3) is 5.91 Å². The van der Waals surface area contributed by atoms with Crippen LogP contribution in [0.2, 0.25) is 0 Å². The number of nitrogens with zero attached hydrogens (tertiary/aromatic N) is 2. The van der Waals surface area contributed by atoms with E-state index in [1.165, 1.54) is 17.0 Å². The van der Waals surface area contributed by atoms with Gasteiger partial charge in [0.1, 0.15) is 11.9 Å². The zero-order valence-corrected chi connectivity index (χ0v) is 9.93. The molecule has 0 N–H and O–H groups in total. The van der Waals surface area contributed by atoms with Gasteiger partial charge >= 0.3 is 0 Å². The zero-order chi connectivity index (χ0) is 12.4. The second-order valence-corrected chi connectivity index (χ2v) is 4.36. The van der Waals surface area contributed by atoms with Crippen LogP contribution >= 0.6 is 0 Å². The fourth-order valence-electron chi connectivity index (χ4n) is 1.91. The molecule has 2 rings (SSSR count). The van der Waals surface area contributed by atoms with Gasteiger partial charge < -0.3 is 4.90 Å². The van der Waals surface area contributed by atoms with Gasteiger partial charge in [0.05, 0.1) is 0 Å². The van der Waals surface area contributed by atoms with E-state index in [0.717, 1.165) is 6.42 Å². The molecule has 90 valence electrons. The smallest absolute Gasteiger partial charge is 0.251 e. The van der Waals surface area contributed by atoms with Crippen LogP contribution < -0.4 is 4.90 Å². The third-order valence-electron chi connectivity index (χ3n) is 3.08. The molecule has 0 aromatic heterocycles. The average Bonchev–Trinajstić information content (AvgIpc) is 2.74. The van der Waals surface area contributed by atoms with E-state index in [2.05, 4.69) is 4.99 Å². The maximum atomic E-state index is 12.8. The molecule has 2 atom stereocenters. The summed E-state index contributed by atoms with van der Waals surface area (Å²) in [6.07, 6.45) is 2.64. The molecule has 3 nitrogen and oxygen atoms in total. The number of rotatable bonds is 2. The molecule has 0 fully saturated rings. The lowest BCUT2D eigenvalue weighted by atomic mass is 10.0. The Morgan fingerprint density at radius 1 is 1.41 bits per heavy atom. The number of hydrogen-bond donors (Lipinski definition) is 0. The Labute approximate surface area is 100.0 Å². The van der Waals surface area contributed by atoms with Crippen LogP contribution in [0, 0.1) is 11.7 Å². The summed E-state index contributed by atoms with van der Waals surface area (Å²) in [5.41, 5.74) is 0.686. The van der Waals surface area contributed by atoms with Crippen molar-refractivity contribution in [3.8, 4) is 0 Å². The number of likely N-dealkylation sites (N-methyl/N-ethyl adjacent to an activating group) is 1. The van der Waals surface area contributed by atoms with Crippen LogP contribution in [0.3, 0.4) is 0 Å². The van der Waals surface area contributed by atoms with E-state index >= 15 is 0 Å². The first-order valence-corrected chi connectivity index (χ1v) is 5.64. The van der Waals surface area contributed by atoms with E-state index in [-0.39, 0.29) is 23.7 Å². The van der Waals surface area contributed by atoms with Crippen molar-refractivity contribution >= 4 is 17.8 Å². The van der Waals surface area contributed by atoms with E-state index in [1.54, 1.807) is 25.4 Å². The van der Waals surface area contributed by atoms with E-state index < -0.39 is 0 Å². The lowest BCUT2D eigenvalue weighted by molar-refractivity contribution is -0.120. The molecule has 4 heteroatoms. The third-order valence-corrected chi connectivity index (χ3v) is 3.08. The standard InChI is InChI=1S/C13H15FN2O/c1-9-7-8-15-12(9)13(17)16(2)11-5-3-10(14)4-6-11/h3-6,8-9,12H,7H2,1-2H3/t9-,12-/m0/s1. The Hall–Kier alpha value is -1.71. The van der Waals surface area contributed by atoms with Crippen molar-refractivity contribution in [2.24, 2.45) is 10.9 Å². The fraction of sp³-hybridized carbons (Fsp3) is 0.385. The third kappa shape index (κ3) is 2.35. The molecule has 1 heterocycles. The summed E-state index contributed by atoms with van der Waals surface area (Å²) in [6.45, 7) is 2.01. The van der Waals surface area contributed by atoms with Gasteiger partial charge in [0, 0.05) is 18.9 Å². The summed E-state index contributed by atoms with van der Waals surface area (Å²) < 4.78 is 12.8. The highest BCUT2D eigenvalue weighted by atomic mass is 19.1. The van der Waals surface area contributed by atoms with Gasteiger partial charge in [-0.3, -0.25) is 9.79 Å². The van der Waals surface area contributed by atoms with Crippen molar-refractivity contribution < 1.29 is 9.18 Å². The Morgan fingerprint density at radius 2 is 2.06 bits per heavy atom. The number of anilines is 1. The first-order chi connectivity index (χ1) is 8.09. The number of carbonyl (C=O) groups is 1. The van der Waals surface area contributed by atoms with Crippen LogP contribution in [-0.2, 0) is 4.79 Å². The monoisotopic (exact) mass is 234 g/mol. The Balaban J connectivity index is 2.14. The highest BCUT2D eigenvalue weighted by molar-refractivity contribution is 5.98. The number of carbonyl (C=O) groups excluding carboxylic acids is 1. The average molecular weight is 234 g/mol. The summed E-state index contributed by atoms with van der Waals surface area (Å²) in [5, 5.41) is 0. The van der Waals surface area contributed by atoms with E-state index in [4.69, 9.17) is 0 Å². The minimum absolute atomic E-state index is 0.0436. The van der Waals surface area contributed by atoms with Crippen molar-refractivity contribution in [3.05, 3.63) is 30.1 Å². The van der Waals surface area contributed by atoms with Crippen molar-refractivity contribution in [2.75, 3.05) is 11.9 Å². The molecule has 1 amide bonds. The van der Waals surface area contributed by atoms with Crippen LogP contribution in [0.1, 0.15) is 13.3 Å². The Kier molecular flexibility index (Phi) is 3.22. The molecule has 0 saturated heterocycles. The predicted molar refractivity (Wildman–Crippen MR) is 65.9 cm³/mol. The first kappa shape index (κ1) is 11.8. The van der Waals surface area contributed by atoms with Gasteiger partial charge in [0.2, 0.25) is 0 Å². The Morgan fingerprint density at radius 3 is 2.59 bits per heavy atom. The summed E-state index contributed by atoms with van der Waals surface area (Å²) in [5.74, 6) is -0.106. The molecule has 1 aliphatic heterocycles. The summed E-state index contributed by atoms with van der Waals surface area (Å²) in [7, 11) is 1.69. The van der Waals surface area contributed by atoms with Gasteiger partial charge in [-0.05, 0) is 36.6 Å². The lowest BCUT2D eigenvalue weighted by Crippen LogP contribution is -2.37. The summed E-state index contributed by atoms with van der Waals surface area (Å²) in [4.78, 5) is 17.9. The van der Waals surface area contributed by atoms with Crippen molar-refractivity contribution in [1.82, 2.24) is 0 Å². The van der Waals surface area contributed by atoms with Gasteiger partial charge in [-0.15, -0.1) is 0 Å². The van der Waals surface area contributed by atoms with E-state index in [1.807, 2.05) is 6.92 Å². The van der Waals surface area contributed by atoms with Crippen molar-refractivity contribution in [2.45, 2.75) is 19.4 Å². The molecular formula is C13H15FN2O. The van der Waals surface area contributed by atoms with E-state index in [9.17, 15) is 9.18 Å². The SMILES string of the molecule is C[C@H]1CC=N[C@@H]1C(=O)N(C)c1ccc(F)cc1. The van der Waals surface area contributed by atoms with Crippen molar-refractivity contribution in [1.29, 1.82) is 0 Å². The lowest BCUT2D eigenvalue weighted by Gasteiger charge is -2.22. The van der Waals surface area contributed by atoms with Crippen LogP contribution in [0.4, 0.5) is 10.1 Å². The molecule has 0 bridgehead atoms. The molecule has 0 radical (unpaired) electrons. The predicted octanol–water partition coefficient (Wildman–Crippen LogP) is 2.27. The second kappa shape index (κ2) is 4.65. The van der Waals surface area contributed by atoms with Gasteiger partial charge in [-0.25, -0.2) is 4.39 Å². The van der Waals surface area contributed by atoms with Gasteiger partial charge in [-0.1, -0.05) is 6.92 Å². The van der Waals surface area contributed by atoms with Crippen LogP contribution in [0.15, 0.2) is 29.3 Å². The molecule has 1 aliphatic rings. The van der Waals surface area contributed by atoms with Crippen LogP contribution in [-0.4, -0.2) is 25.2 Å². The topological polar surface area (TPSA) is 32.7 Å². The van der Waals surface area contributed by atoms with Crippen molar-refractivity contribution in [3.63, 3.8) is 0 Å². The number of hydrogen-bond acceptors (Lipinski definition) is 2. The van der Waals surface area contributed by atoms with Crippen LogP contribution in [0.5, 0.6) is 0 Å². The first-order valence-electron chi connectivity index (χ1n) is 5.64. The Bertz CT molecular complexity index is 441. The highest BCUT2D eigenvalue weighted by Crippen LogP contribution is 2.21. The molecule has 17 heavy (non-hydrogen) atoms. The molecule has 0 unspecified atom stereocenters. The largest absolute Gasteiger partial charge is 0.314 e. The number of halogens is 1. The quantitative estimate of drug-likeness (QED) is 0.772. The summed E-state index contributed by atoms with van der Waals surface area (Å²) >= 11 is 0. The molecule has 0 spiro atoms. The maximum Gasteiger partial charge on any atom is 0.251 e. The number of aliphatic imine (C=N–C) groups is 1. The van der Waals surface area contributed by atoms with Gasteiger partial charge in [-0.2, -0.15) is 0 Å².